The number of carbonyl (C=O) groups is 1. The molecule has 0 radical (unpaired) electrons. The highest BCUT2D eigenvalue weighted by molar-refractivity contribution is 7.92. The average molecular weight is 380 g/mol. The maximum Gasteiger partial charge on any atom is 0.238 e. The summed E-state index contributed by atoms with van der Waals surface area (Å²) in [6.45, 7) is 2.32. The van der Waals surface area contributed by atoms with Gasteiger partial charge in [-0.15, -0.1) is 0 Å². The number of nitrogens with zero attached hydrogens (tertiary/aromatic N) is 3. The summed E-state index contributed by atoms with van der Waals surface area (Å²) in [6, 6.07) is 9.70. The lowest BCUT2D eigenvalue weighted by atomic mass is 10.2. The third-order valence-electron chi connectivity index (χ3n) is 4.15. The molecule has 1 aliphatic heterocycles. The molecule has 0 saturated carbocycles. The number of hydrogen-bond acceptors (Lipinski definition) is 5. The lowest BCUT2D eigenvalue weighted by molar-refractivity contribution is -0.128. The third kappa shape index (κ3) is 4.29. The van der Waals surface area contributed by atoms with Gasteiger partial charge in [-0.3, -0.25) is 9.78 Å². The third-order valence-corrected chi connectivity index (χ3v) is 6.02. The predicted octanol–water partition coefficient (Wildman–Crippen LogP) is 1.86. The smallest absolute Gasteiger partial charge is 0.238 e. The summed E-state index contributed by atoms with van der Waals surface area (Å²) in [5.74, 6) is -0.895. The minimum absolute atomic E-state index is 0.112. The second-order valence-corrected chi connectivity index (χ2v) is 8.21. The predicted molar refractivity (Wildman–Crippen MR) is 96.5 cm³/mol. The molecule has 8 heteroatoms. The van der Waals surface area contributed by atoms with Gasteiger partial charge in [-0.2, -0.15) is 0 Å². The van der Waals surface area contributed by atoms with E-state index in [1.54, 1.807) is 17.3 Å². The van der Waals surface area contributed by atoms with Gasteiger partial charge in [0.25, 0.3) is 0 Å². The van der Waals surface area contributed by atoms with Crippen molar-refractivity contribution in [3.8, 4) is 0 Å². The SMILES string of the molecule is O=C(CS(=O)(=O)c1ccc(Cl)cc1)N1CCN(c2ccncc2)CC1. The van der Waals surface area contributed by atoms with Gasteiger partial charge in [0, 0.05) is 49.3 Å². The fourth-order valence-corrected chi connectivity index (χ4v) is 4.10. The molecule has 132 valence electrons. The molecule has 1 fully saturated rings. The highest BCUT2D eigenvalue weighted by Crippen LogP contribution is 2.18. The summed E-state index contributed by atoms with van der Waals surface area (Å²) < 4.78 is 24.7. The van der Waals surface area contributed by atoms with Gasteiger partial charge in [0.15, 0.2) is 9.84 Å². The number of amides is 1. The van der Waals surface area contributed by atoms with E-state index in [0.29, 0.717) is 31.2 Å². The molecule has 1 amide bonds. The maximum atomic E-state index is 12.4. The van der Waals surface area contributed by atoms with Gasteiger partial charge < -0.3 is 9.80 Å². The molecule has 0 atom stereocenters. The number of piperazine rings is 1. The van der Waals surface area contributed by atoms with Crippen molar-refractivity contribution in [2.45, 2.75) is 4.90 Å². The van der Waals surface area contributed by atoms with Crippen LogP contribution in [0, 0.1) is 0 Å². The van der Waals surface area contributed by atoms with Gasteiger partial charge in [-0.25, -0.2) is 8.42 Å². The van der Waals surface area contributed by atoms with Gasteiger partial charge >= 0.3 is 0 Å². The topological polar surface area (TPSA) is 70.6 Å². The summed E-state index contributed by atoms with van der Waals surface area (Å²) in [4.78, 5) is 20.2. The summed E-state index contributed by atoms with van der Waals surface area (Å²) in [6.07, 6.45) is 3.46. The van der Waals surface area contributed by atoms with Crippen molar-refractivity contribution in [2.75, 3.05) is 36.8 Å². The van der Waals surface area contributed by atoms with Crippen molar-refractivity contribution >= 4 is 33.0 Å². The van der Waals surface area contributed by atoms with Crippen LogP contribution in [0.4, 0.5) is 5.69 Å². The van der Waals surface area contributed by atoms with E-state index in [9.17, 15) is 13.2 Å². The van der Waals surface area contributed by atoms with Crippen LogP contribution in [0.1, 0.15) is 0 Å². The highest BCUT2D eigenvalue weighted by Gasteiger charge is 2.26. The quantitative estimate of drug-likeness (QED) is 0.810. The maximum absolute atomic E-state index is 12.4. The molecule has 25 heavy (non-hydrogen) atoms. The van der Waals surface area contributed by atoms with Crippen LogP contribution in [0.25, 0.3) is 0 Å². The Labute approximate surface area is 152 Å². The summed E-state index contributed by atoms with van der Waals surface area (Å²) in [5.41, 5.74) is 1.05. The van der Waals surface area contributed by atoms with Crippen LogP contribution < -0.4 is 4.90 Å². The van der Waals surface area contributed by atoms with E-state index in [1.165, 1.54) is 24.3 Å². The summed E-state index contributed by atoms with van der Waals surface area (Å²) in [5, 5.41) is 0.456. The molecule has 6 nitrogen and oxygen atoms in total. The molecule has 2 aromatic rings. The number of halogens is 1. The average Bonchev–Trinajstić information content (AvgIpc) is 2.62. The van der Waals surface area contributed by atoms with Crippen LogP contribution in [0.15, 0.2) is 53.7 Å². The van der Waals surface area contributed by atoms with Crippen molar-refractivity contribution in [2.24, 2.45) is 0 Å². The number of pyridine rings is 1. The fraction of sp³-hybridized carbons (Fsp3) is 0.294. The molecule has 2 heterocycles. The first kappa shape index (κ1) is 17.7. The Bertz CT molecular complexity index is 833. The minimum Gasteiger partial charge on any atom is -0.368 e. The molecule has 0 unspecified atom stereocenters. The van der Waals surface area contributed by atoms with Crippen molar-refractivity contribution in [1.29, 1.82) is 0 Å². The van der Waals surface area contributed by atoms with E-state index in [-0.39, 0.29) is 10.8 Å². The number of anilines is 1. The van der Waals surface area contributed by atoms with Gasteiger partial charge in [0.1, 0.15) is 5.75 Å². The molecule has 1 aromatic heterocycles. The normalized spacial score (nSPS) is 15.2. The van der Waals surface area contributed by atoms with E-state index in [1.807, 2.05) is 12.1 Å². The molecule has 1 aliphatic rings. The van der Waals surface area contributed by atoms with Crippen LogP contribution in [-0.4, -0.2) is 56.1 Å². The van der Waals surface area contributed by atoms with E-state index >= 15 is 0 Å². The van der Waals surface area contributed by atoms with Crippen molar-refractivity contribution in [1.82, 2.24) is 9.88 Å². The Morgan fingerprint density at radius 1 is 1.00 bits per heavy atom. The van der Waals surface area contributed by atoms with Gasteiger partial charge in [0.2, 0.25) is 5.91 Å². The number of hydrogen-bond donors (Lipinski definition) is 0. The largest absolute Gasteiger partial charge is 0.368 e. The number of sulfone groups is 1. The number of carbonyl (C=O) groups excluding carboxylic acids is 1. The first-order valence-electron chi connectivity index (χ1n) is 7.87. The Morgan fingerprint density at radius 2 is 1.60 bits per heavy atom. The van der Waals surface area contributed by atoms with Crippen LogP contribution in [0.5, 0.6) is 0 Å². The van der Waals surface area contributed by atoms with Crippen molar-refractivity contribution in [3.05, 3.63) is 53.8 Å². The standard InChI is InChI=1S/C17H18ClN3O3S/c18-14-1-3-16(4-2-14)25(23,24)13-17(22)21-11-9-20(10-12-21)15-5-7-19-8-6-15/h1-8H,9-13H2. The summed E-state index contributed by atoms with van der Waals surface area (Å²) >= 11 is 5.77. The minimum atomic E-state index is -3.66. The van der Waals surface area contributed by atoms with Gasteiger partial charge in [-0.1, -0.05) is 11.6 Å². The Balaban J connectivity index is 1.60. The number of aromatic nitrogens is 1. The first-order chi connectivity index (χ1) is 12.0. The zero-order valence-corrected chi connectivity index (χ0v) is 15.1. The molecular weight excluding hydrogens is 362 g/mol. The van der Waals surface area contributed by atoms with Crippen molar-refractivity contribution in [3.63, 3.8) is 0 Å². The first-order valence-corrected chi connectivity index (χ1v) is 9.90. The lowest BCUT2D eigenvalue weighted by Gasteiger charge is -2.36. The molecule has 3 rings (SSSR count). The molecule has 0 N–H and O–H groups in total. The van der Waals surface area contributed by atoms with Crippen LogP contribution in [-0.2, 0) is 14.6 Å². The zero-order chi connectivity index (χ0) is 17.9. The van der Waals surface area contributed by atoms with Gasteiger partial charge in [-0.05, 0) is 36.4 Å². The van der Waals surface area contributed by atoms with E-state index in [2.05, 4.69) is 9.88 Å². The van der Waals surface area contributed by atoms with E-state index in [4.69, 9.17) is 11.6 Å². The zero-order valence-electron chi connectivity index (χ0n) is 13.5. The van der Waals surface area contributed by atoms with Crippen LogP contribution >= 0.6 is 11.6 Å². The molecule has 1 aromatic carbocycles. The molecule has 1 saturated heterocycles. The molecule has 0 bridgehead atoms. The Kier molecular flexibility index (Phi) is 5.24. The molecule has 0 aliphatic carbocycles. The second-order valence-electron chi connectivity index (χ2n) is 5.79. The second kappa shape index (κ2) is 7.41. The van der Waals surface area contributed by atoms with E-state index < -0.39 is 15.6 Å². The monoisotopic (exact) mass is 379 g/mol. The van der Waals surface area contributed by atoms with Crippen molar-refractivity contribution < 1.29 is 13.2 Å². The van der Waals surface area contributed by atoms with Gasteiger partial charge in [0.05, 0.1) is 4.90 Å². The molecule has 0 spiro atoms. The van der Waals surface area contributed by atoms with Crippen LogP contribution in [0.3, 0.4) is 0 Å². The Hall–Kier alpha value is -2.12. The number of benzene rings is 1. The Morgan fingerprint density at radius 3 is 2.20 bits per heavy atom. The number of rotatable bonds is 4. The summed E-state index contributed by atoms with van der Waals surface area (Å²) in [7, 11) is -3.66. The molecular formula is C17H18ClN3O3S. The van der Waals surface area contributed by atoms with E-state index in [0.717, 1.165) is 5.69 Å². The van der Waals surface area contributed by atoms with Crippen LogP contribution in [0.2, 0.25) is 5.02 Å². The highest BCUT2D eigenvalue weighted by atomic mass is 35.5. The lowest BCUT2D eigenvalue weighted by Crippen LogP contribution is -2.50. The fourth-order valence-electron chi connectivity index (χ4n) is 2.75.